The number of benzene rings is 1. The Bertz CT molecular complexity index is 1070. The number of nitrogens with zero attached hydrogens (tertiary/aromatic N) is 2. The van der Waals surface area contributed by atoms with E-state index in [9.17, 15) is 16.8 Å². The molecule has 0 spiro atoms. The van der Waals surface area contributed by atoms with Gasteiger partial charge in [-0.2, -0.15) is 4.31 Å². The standard InChI is InChI=1S/C26H43N3O4S2/c1-3-4-5-6-9-21-11-12-24-22(18-21)13-16-28-20-23-10-7-15-29(25(23)19-26(24)28)35(32,33)17-8-14-27-34(2,30)31/h11-12,18,23,25-27H,3-10,13-17,19-20H2,1-2H3/t23-,25+,26-/m0/s1. The zero-order valence-electron chi connectivity index (χ0n) is 21.4. The summed E-state index contributed by atoms with van der Waals surface area (Å²) in [6.07, 6.45) is 11.6. The van der Waals surface area contributed by atoms with Crippen LogP contribution in [0.25, 0.3) is 0 Å². The van der Waals surface area contributed by atoms with Gasteiger partial charge in [0.1, 0.15) is 0 Å². The smallest absolute Gasteiger partial charge is 0.214 e. The first-order chi connectivity index (χ1) is 16.7. The van der Waals surface area contributed by atoms with E-state index in [-0.39, 0.29) is 24.4 Å². The van der Waals surface area contributed by atoms with Crippen molar-refractivity contribution in [2.24, 2.45) is 5.92 Å². The second-order valence-electron chi connectivity index (χ2n) is 10.8. The van der Waals surface area contributed by atoms with E-state index in [4.69, 9.17) is 0 Å². The Morgan fingerprint density at radius 3 is 2.66 bits per heavy atom. The highest BCUT2D eigenvalue weighted by Gasteiger charge is 2.45. The third kappa shape index (κ3) is 6.86. The highest BCUT2D eigenvalue weighted by Crippen LogP contribution is 2.43. The van der Waals surface area contributed by atoms with Gasteiger partial charge in [0, 0.05) is 38.3 Å². The maximum absolute atomic E-state index is 13.3. The topological polar surface area (TPSA) is 86.8 Å². The van der Waals surface area contributed by atoms with Crippen LogP contribution in [-0.2, 0) is 32.9 Å². The van der Waals surface area contributed by atoms with Crippen LogP contribution in [0, 0.1) is 5.92 Å². The molecular formula is C26H43N3O4S2. The molecule has 3 heterocycles. The first-order valence-corrected chi connectivity index (χ1v) is 17.0. The molecule has 0 aromatic heterocycles. The van der Waals surface area contributed by atoms with Gasteiger partial charge in [0.25, 0.3) is 0 Å². The lowest BCUT2D eigenvalue weighted by Gasteiger charge is -2.51. The zero-order chi connectivity index (χ0) is 25.1. The average Bonchev–Trinajstić information content (AvgIpc) is 2.82. The Morgan fingerprint density at radius 2 is 1.89 bits per heavy atom. The van der Waals surface area contributed by atoms with E-state index in [0.717, 1.165) is 51.4 Å². The van der Waals surface area contributed by atoms with Gasteiger partial charge in [-0.25, -0.2) is 21.6 Å². The van der Waals surface area contributed by atoms with Gasteiger partial charge in [0.05, 0.1) is 12.0 Å². The normalized spacial score (nSPS) is 25.6. The summed E-state index contributed by atoms with van der Waals surface area (Å²) in [4.78, 5) is 2.59. The molecule has 9 heteroatoms. The number of fused-ring (bicyclic) bond motifs is 4. The summed E-state index contributed by atoms with van der Waals surface area (Å²) in [7, 11) is -6.73. The molecule has 0 radical (unpaired) electrons. The minimum Gasteiger partial charge on any atom is -0.296 e. The fraction of sp³-hybridized carbons (Fsp3) is 0.769. The van der Waals surface area contributed by atoms with Crippen molar-refractivity contribution >= 4 is 20.0 Å². The Hall–Kier alpha value is -1.00. The number of hydrogen-bond donors (Lipinski definition) is 1. The molecule has 0 saturated carbocycles. The molecule has 3 atom stereocenters. The van der Waals surface area contributed by atoms with Crippen LogP contribution in [0.5, 0.6) is 0 Å². The van der Waals surface area contributed by atoms with Gasteiger partial charge in [-0.1, -0.05) is 44.4 Å². The molecule has 0 amide bonds. The van der Waals surface area contributed by atoms with Gasteiger partial charge in [-0.05, 0) is 67.6 Å². The van der Waals surface area contributed by atoms with Gasteiger partial charge < -0.3 is 0 Å². The van der Waals surface area contributed by atoms with Gasteiger partial charge in [0.15, 0.2) is 0 Å². The van der Waals surface area contributed by atoms with Crippen LogP contribution in [0.15, 0.2) is 18.2 Å². The van der Waals surface area contributed by atoms with Crippen LogP contribution < -0.4 is 4.72 Å². The molecule has 198 valence electrons. The highest BCUT2D eigenvalue weighted by atomic mass is 32.2. The first kappa shape index (κ1) is 27.0. The average molecular weight is 526 g/mol. The predicted molar refractivity (Wildman–Crippen MR) is 141 cm³/mol. The molecule has 7 nitrogen and oxygen atoms in total. The maximum Gasteiger partial charge on any atom is 0.214 e. The highest BCUT2D eigenvalue weighted by molar-refractivity contribution is 7.89. The molecule has 0 bridgehead atoms. The van der Waals surface area contributed by atoms with Crippen molar-refractivity contribution < 1.29 is 16.8 Å². The summed E-state index contributed by atoms with van der Waals surface area (Å²) in [6.45, 7) is 5.01. The van der Waals surface area contributed by atoms with Gasteiger partial charge in [-0.3, -0.25) is 4.90 Å². The molecule has 1 N–H and O–H groups in total. The molecule has 1 aromatic rings. The number of piperidine rings is 2. The number of hydrogen-bond acceptors (Lipinski definition) is 5. The van der Waals surface area contributed by atoms with E-state index >= 15 is 0 Å². The molecule has 0 aliphatic carbocycles. The molecule has 4 rings (SSSR count). The Labute approximate surface area is 212 Å². The predicted octanol–water partition coefficient (Wildman–Crippen LogP) is 3.46. The number of rotatable bonds is 11. The van der Waals surface area contributed by atoms with E-state index in [1.807, 2.05) is 0 Å². The summed E-state index contributed by atoms with van der Waals surface area (Å²) in [5.74, 6) is 0.369. The summed E-state index contributed by atoms with van der Waals surface area (Å²) in [5, 5.41) is 0. The third-order valence-corrected chi connectivity index (χ3v) is 10.8. The van der Waals surface area contributed by atoms with E-state index in [1.165, 1.54) is 42.4 Å². The second-order valence-corrected chi connectivity index (χ2v) is 14.6. The minimum absolute atomic E-state index is 0.00883. The molecule has 3 aliphatic rings. The van der Waals surface area contributed by atoms with Crippen molar-refractivity contribution in [3.8, 4) is 0 Å². The number of aryl methyl sites for hydroxylation is 1. The minimum atomic E-state index is -3.43. The summed E-state index contributed by atoms with van der Waals surface area (Å²) in [5.41, 5.74) is 4.29. The van der Waals surface area contributed by atoms with Gasteiger partial charge in [-0.15, -0.1) is 0 Å². The van der Waals surface area contributed by atoms with Crippen molar-refractivity contribution in [3.05, 3.63) is 34.9 Å². The quantitative estimate of drug-likeness (QED) is 0.447. The largest absolute Gasteiger partial charge is 0.296 e. The Balaban J connectivity index is 1.44. The van der Waals surface area contributed by atoms with E-state index in [2.05, 4.69) is 34.7 Å². The summed E-state index contributed by atoms with van der Waals surface area (Å²) < 4.78 is 53.4. The summed E-state index contributed by atoms with van der Waals surface area (Å²) in [6, 6.07) is 7.36. The lowest BCUT2D eigenvalue weighted by Crippen LogP contribution is -2.57. The molecule has 2 saturated heterocycles. The molecule has 2 fully saturated rings. The SMILES string of the molecule is CCCCCCc1ccc2c(c1)CCN1C[C@@H]3CCCN(S(=O)(=O)CCCNS(C)(=O)=O)[C@@H]3C[C@@H]21. The first-order valence-electron chi connectivity index (χ1n) is 13.5. The third-order valence-electron chi connectivity index (χ3n) is 8.10. The van der Waals surface area contributed by atoms with E-state index < -0.39 is 20.0 Å². The van der Waals surface area contributed by atoms with Crippen LogP contribution >= 0.6 is 0 Å². The van der Waals surface area contributed by atoms with Gasteiger partial charge >= 0.3 is 0 Å². The molecule has 0 unspecified atom stereocenters. The van der Waals surface area contributed by atoms with Crippen molar-refractivity contribution in [2.45, 2.75) is 83.2 Å². The molecule has 35 heavy (non-hydrogen) atoms. The Kier molecular flexibility index (Phi) is 8.95. The molecule has 1 aromatic carbocycles. The Morgan fingerprint density at radius 1 is 1.06 bits per heavy atom. The van der Waals surface area contributed by atoms with Crippen LogP contribution in [0.2, 0.25) is 0 Å². The monoisotopic (exact) mass is 525 g/mol. The van der Waals surface area contributed by atoms with Crippen LogP contribution in [0.1, 0.15) is 81.0 Å². The van der Waals surface area contributed by atoms with Crippen LogP contribution in [0.3, 0.4) is 0 Å². The summed E-state index contributed by atoms with van der Waals surface area (Å²) >= 11 is 0. The van der Waals surface area contributed by atoms with Crippen molar-refractivity contribution in [1.29, 1.82) is 0 Å². The van der Waals surface area contributed by atoms with E-state index in [1.54, 1.807) is 4.31 Å². The van der Waals surface area contributed by atoms with Crippen LogP contribution in [0.4, 0.5) is 0 Å². The number of unbranched alkanes of at least 4 members (excludes halogenated alkanes) is 3. The van der Waals surface area contributed by atoms with Gasteiger partial charge in [0.2, 0.25) is 20.0 Å². The number of sulfonamides is 2. The van der Waals surface area contributed by atoms with Crippen LogP contribution in [-0.4, -0.2) is 70.3 Å². The lowest BCUT2D eigenvalue weighted by atomic mass is 9.77. The van der Waals surface area contributed by atoms with Crippen molar-refractivity contribution in [2.75, 3.05) is 38.2 Å². The molecular weight excluding hydrogens is 482 g/mol. The fourth-order valence-electron chi connectivity index (χ4n) is 6.35. The van der Waals surface area contributed by atoms with Crippen molar-refractivity contribution in [3.63, 3.8) is 0 Å². The maximum atomic E-state index is 13.3. The van der Waals surface area contributed by atoms with E-state index in [0.29, 0.717) is 18.9 Å². The lowest BCUT2D eigenvalue weighted by molar-refractivity contribution is 0.0220. The zero-order valence-corrected chi connectivity index (χ0v) is 23.0. The second kappa shape index (κ2) is 11.6. The number of nitrogens with one attached hydrogen (secondary N) is 1. The fourth-order valence-corrected chi connectivity index (χ4v) is 8.69. The van der Waals surface area contributed by atoms with Crippen molar-refractivity contribution in [1.82, 2.24) is 13.9 Å². The molecule has 3 aliphatic heterocycles.